The van der Waals surface area contributed by atoms with Gasteiger partial charge in [-0.25, -0.2) is 4.98 Å². The molecule has 2 aromatic rings. The first-order chi connectivity index (χ1) is 10.7. The summed E-state index contributed by atoms with van der Waals surface area (Å²) in [5.74, 6) is 1.40. The third-order valence-electron chi connectivity index (χ3n) is 4.17. The van der Waals surface area contributed by atoms with E-state index in [2.05, 4.69) is 21.1 Å². The van der Waals surface area contributed by atoms with Gasteiger partial charge in [0.15, 0.2) is 0 Å². The molecule has 0 saturated carbocycles. The molecule has 4 nitrogen and oxygen atoms in total. The van der Waals surface area contributed by atoms with Gasteiger partial charge in [0.2, 0.25) is 0 Å². The molecular formula is C16H20ClN3OS. The Morgan fingerprint density at radius 2 is 2.36 bits per heavy atom. The average Bonchev–Trinajstić information content (AvgIpc) is 2.98. The van der Waals surface area contributed by atoms with Crippen molar-refractivity contribution in [1.29, 1.82) is 0 Å². The van der Waals surface area contributed by atoms with Crippen molar-refractivity contribution in [1.82, 2.24) is 14.9 Å². The van der Waals surface area contributed by atoms with Gasteiger partial charge in [-0.05, 0) is 36.6 Å². The lowest BCUT2D eigenvalue weighted by atomic mass is 9.99. The molecule has 0 aliphatic carbocycles. The van der Waals surface area contributed by atoms with Gasteiger partial charge in [-0.1, -0.05) is 11.6 Å². The Hall–Kier alpha value is -1.17. The van der Waals surface area contributed by atoms with E-state index in [0.717, 1.165) is 36.4 Å². The molecule has 3 rings (SSSR count). The molecule has 1 aromatic heterocycles. The van der Waals surface area contributed by atoms with E-state index in [0.29, 0.717) is 23.4 Å². The first-order valence-corrected chi connectivity index (χ1v) is 9.18. The van der Waals surface area contributed by atoms with Crippen LogP contribution in [0.4, 0.5) is 0 Å². The van der Waals surface area contributed by atoms with Gasteiger partial charge in [-0.3, -0.25) is 4.90 Å². The molecular weight excluding hydrogens is 318 g/mol. The fraction of sp³-hybridized carbons (Fsp3) is 0.438. The van der Waals surface area contributed by atoms with Gasteiger partial charge in [0, 0.05) is 35.8 Å². The molecule has 1 aliphatic rings. The van der Waals surface area contributed by atoms with Crippen LogP contribution in [0.5, 0.6) is 5.75 Å². The minimum atomic E-state index is 0.292. The molecule has 0 spiro atoms. The molecule has 1 aromatic carbocycles. The summed E-state index contributed by atoms with van der Waals surface area (Å²) >= 11 is 7.92. The van der Waals surface area contributed by atoms with Gasteiger partial charge in [-0.15, -0.1) is 0 Å². The molecule has 0 fully saturated rings. The Morgan fingerprint density at radius 3 is 3.18 bits per heavy atom. The van der Waals surface area contributed by atoms with Gasteiger partial charge in [-0.2, -0.15) is 11.8 Å². The van der Waals surface area contributed by atoms with E-state index in [9.17, 15) is 5.11 Å². The second kappa shape index (κ2) is 6.94. The molecule has 1 aliphatic heterocycles. The SMILES string of the molecule is CSCC[C@@H]1c2nc[nH]c2CCN1Cc1cc(Cl)ccc1O. The van der Waals surface area contributed by atoms with E-state index in [4.69, 9.17) is 11.6 Å². The number of hydrogen-bond acceptors (Lipinski definition) is 4. The molecule has 2 heterocycles. The van der Waals surface area contributed by atoms with Crippen LogP contribution in [0.25, 0.3) is 0 Å². The maximum absolute atomic E-state index is 10.1. The van der Waals surface area contributed by atoms with Gasteiger partial charge >= 0.3 is 0 Å². The average molecular weight is 338 g/mol. The fourth-order valence-corrected chi connectivity index (χ4v) is 3.69. The Morgan fingerprint density at radius 1 is 1.50 bits per heavy atom. The third-order valence-corrected chi connectivity index (χ3v) is 5.05. The number of hydrogen-bond donors (Lipinski definition) is 2. The normalized spacial score (nSPS) is 18.4. The zero-order valence-corrected chi connectivity index (χ0v) is 14.1. The van der Waals surface area contributed by atoms with Crippen LogP contribution >= 0.6 is 23.4 Å². The predicted octanol–water partition coefficient (Wildman–Crippen LogP) is 3.62. The van der Waals surface area contributed by atoms with Crippen LogP contribution in [0.2, 0.25) is 5.02 Å². The number of nitrogens with one attached hydrogen (secondary N) is 1. The quantitative estimate of drug-likeness (QED) is 0.875. The standard InChI is InChI=1S/C16H20ClN3OS/c1-22-7-5-14-16-13(18-10-19-16)4-6-20(14)9-11-8-12(17)2-3-15(11)21/h2-3,8,10,14,21H,4-7,9H2,1H3,(H,18,19)/t14-/m1/s1. The highest BCUT2D eigenvalue weighted by atomic mass is 35.5. The molecule has 22 heavy (non-hydrogen) atoms. The number of fused-ring (bicyclic) bond motifs is 1. The van der Waals surface area contributed by atoms with Gasteiger partial charge < -0.3 is 10.1 Å². The summed E-state index contributed by atoms with van der Waals surface area (Å²) in [7, 11) is 0. The summed E-state index contributed by atoms with van der Waals surface area (Å²) in [6, 6.07) is 5.52. The lowest BCUT2D eigenvalue weighted by molar-refractivity contribution is 0.166. The van der Waals surface area contributed by atoms with E-state index in [1.165, 1.54) is 5.69 Å². The van der Waals surface area contributed by atoms with Crippen LogP contribution in [0, 0.1) is 0 Å². The van der Waals surface area contributed by atoms with Crippen LogP contribution in [0.1, 0.15) is 29.4 Å². The number of aromatic nitrogens is 2. The van der Waals surface area contributed by atoms with Crippen LogP contribution in [0.15, 0.2) is 24.5 Å². The molecule has 2 N–H and O–H groups in total. The number of nitrogens with zero attached hydrogens (tertiary/aromatic N) is 2. The minimum Gasteiger partial charge on any atom is -0.508 e. The number of phenolic OH excluding ortho intramolecular Hbond substituents is 1. The number of thioether (sulfide) groups is 1. The Labute approximate surface area is 139 Å². The van der Waals surface area contributed by atoms with Crippen LogP contribution in [0.3, 0.4) is 0 Å². The highest BCUT2D eigenvalue weighted by molar-refractivity contribution is 7.98. The highest BCUT2D eigenvalue weighted by Crippen LogP contribution is 2.34. The first-order valence-electron chi connectivity index (χ1n) is 7.41. The Bertz CT molecular complexity index is 646. The van der Waals surface area contributed by atoms with Crippen molar-refractivity contribution in [3.63, 3.8) is 0 Å². The van der Waals surface area contributed by atoms with Crippen molar-refractivity contribution >= 4 is 23.4 Å². The number of benzene rings is 1. The van der Waals surface area contributed by atoms with E-state index >= 15 is 0 Å². The zero-order valence-electron chi connectivity index (χ0n) is 12.6. The smallest absolute Gasteiger partial charge is 0.120 e. The molecule has 6 heteroatoms. The first kappa shape index (κ1) is 15.7. The second-order valence-corrected chi connectivity index (χ2v) is 6.98. The molecule has 0 bridgehead atoms. The van der Waals surface area contributed by atoms with Crippen molar-refractivity contribution in [3.8, 4) is 5.75 Å². The van der Waals surface area contributed by atoms with Gasteiger partial charge in [0.05, 0.1) is 18.1 Å². The minimum absolute atomic E-state index is 0.292. The van der Waals surface area contributed by atoms with Crippen molar-refractivity contribution in [2.45, 2.75) is 25.4 Å². The number of phenols is 1. The van der Waals surface area contributed by atoms with Gasteiger partial charge in [0.1, 0.15) is 5.75 Å². The topological polar surface area (TPSA) is 52.2 Å². The third kappa shape index (κ3) is 3.26. The maximum Gasteiger partial charge on any atom is 0.120 e. The van der Waals surface area contributed by atoms with Crippen molar-refractivity contribution in [2.24, 2.45) is 0 Å². The Balaban J connectivity index is 1.84. The van der Waals surface area contributed by atoms with E-state index in [1.807, 2.05) is 17.8 Å². The largest absolute Gasteiger partial charge is 0.508 e. The summed E-state index contributed by atoms with van der Waals surface area (Å²) in [4.78, 5) is 10.2. The molecule has 118 valence electrons. The maximum atomic E-state index is 10.1. The van der Waals surface area contributed by atoms with Crippen molar-refractivity contribution in [3.05, 3.63) is 46.5 Å². The monoisotopic (exact) mass is 337 g/mol. The molecule has 0 saturated heterocycles. The number of aromatic hydroxyl groups is 1. The molecule has 1 atom stereocenters. The van der Waals surface area contributed by atoms with E-state index in [-0.39, 0.29) is 0 Å². The highest BCUT2D eigenvalue weighted by Gasteiger charge is 2.29. The molecule has 0 amide bonds. The summed E-state index contributed by atoms with van der Waals surface area (Å²) in [5, 5.41) is 10.7. The van der Waals surface area contributed by atoms with Crippen LogP contribution < -0.4 is 0 Å². The number of H-pyrrole nitrogens is 1. The van der Waals surface area contributed by atoms with Crippen molar-refractivity contribution in [2.75, 3.05) is 18.6 Å². The number of aromatic amines is 1. The lowest BCUT2D eigenvalue weighted by Crippen LogP contribution is -2.35. The second-order valence-electron chi connectivity index (χ2n) is 5.56. The van der Waals surface area contributed by atoms with E-state index < -0.39 is 0 Å². The number of imidazole rings is 1. The van der Waals surface area contributed by atoms with E-state index in [1.54, 1.807) is 18.5 Å². The summed E-state index contributed by atoms with van der Waals surface area (Å²) < 4.78 is 0. The number of halogens is 1. The van der Waals surface area contributed by atoms with Crippen LogP contribution in [-0.4, -0.2) is 38.5 Å². The summed E-state index contributed by atoms with van der Waals surface area (Å²) in [6.45, 7) is 1.65. The fourth-order valence-electron chi connectivity index (χ4n) is 3.04. The van der Waals surface area contributed by atoms with Gasteiger partial charge in [0.25, 0.3) is 0 Å². The van der Waals surface area contributed by atoms with Crippen LogP contribution in [-0.2, 0) is 13.0 Å². The van der Waals surface area contributed by atoms with Crippen molar-refractivity contribution < 1.29 is 5.11 Å². The Kier molecular flexibility index (Phi) is 4.96. The lowest BCUT2D eigenvalue weighted by Gasteiger charge is -2.35. The number of rotatable bonds is 5. The molecule has 0 unspecified atom stereocenters. The molecule has 0 radical (unpaired) electrons. The summed E-state index contributed by atoms with van der Waals surface area (Å²) in [5.41, 5.74) is 3.28. The summed E-state index contributed by atoms with van der Waals surface area (Å²) in [6.07, 6.45) is 5.94. The predicted molar refractivity (Wildman–Crippen MR) is 91.6 cm³/mol. The zero-order chi connectivity index (χ0) is 15.5.